The third-order valence-corrected chi connectivity index (χ3v) is 29.0. The predicted molar refractivity (Wildman–Crippen MR) is 613 cm³/mol. The van der Waals surface area contributed by atoms with Crippen LogP contribution in [0, 0.1) is 0 Å². The molecular formula is C118H141N21O11. The molecule has 32 nitrogen and oxygen atoms in total. The number of aliphatic imine (C=N–C) groups is 2. The highest BCUT2D eigenvalue weighted by Crippen LogP contribution is 2.31. The molecule has 4 saturated heterocycles. The first kappa shape index (κ1) is 106. The molecule has 150 heavy (non-hydrogen) atoms. The van der Waals surface area contributed by atoms with Crippen LogP contribution in [0.5, 0.6) is 0 Å². The van der Waals surface area contributed by atoms with E-state index in [9.17, 15) is 38.4 Å². The predicted octanol–water partition coefficient (Wildman–Crippen LogP) is 13.4. The minimum Gasteiger partial charge on any atom is -0.476 e. The smallest absolute Gasteiger partial charge is 0.258 e. The van der Waals surface area contributed by atoms with Crippen molar-refractivity contribution >= 4 is 132 Å². The number of nitrogens with zero attached hydrogens (tertiary/aromatic N) is 15. The van der Waals surface area contributed by atoms with E-state index >= 15 is 0 Å². The number of ether oxygens (including phenoxy) is 3. The van der Waals surface area contributed by atoms with Crippen LogP contribution in [0.1, 0.15) is 67.2 Å². The first-order valence-corrected chi connectivity index (χ1v) is 52.6. The Labute approximate surface area is 872 Å². The van der Waals surface area contributed by atoms with E-state index in [1.54, 1.807) is 105 Å². The van der Waals surface area contributed by atoms with Crippen molar-refractivity contribution < 1.29 is 14.2 Å². The fraction of sp³-hybridized carbons (Fsp3) is 0.373. The van der Waals surface area contributed by atoms with Crippen LogP contribution in [0.15, 0.2) is 280 Å². The molecule has 24 rings (SSSR count). The van der Waals surface area contributed by atoms with Crippen molar-refractivity contribution in [2.75, 3.05) is 209 Å². The van der Waals surface area contributed by atoms with Crippen LogP contribution in [-0.4, -0.2) is 250 Å². The lowest BCUT2D eigenvalue weighted by atomic mass is 10.0. The van der Waals surface area contributed by atoms with E-state index in [0.29, 0.717) is 19.0 Å². The summed E-state index contributed by atoms with van der Waals surface area (Å²) in [6.45, 7) is 25.7. The van der Waals surface area contributed by atoms with Gasteiger partial charge in [0.2, 0.25) is 5.90 Å². The molecule has 8 aromatic heterocycles. The second-order valence-electron chi connectivity index (χ2n) is 39.6. The molecule has 6 N–H and O–H groups in total. The minimum atomic E-state index is 0.0170. The third-order valence-electron chi connectivity index (χ3n) is 29.0. The minimum absolute atomic E-state index is 0.0170. The summed E-state index contributed by atoms with van der Waals surface area (Å²) >= 11 is 0. The zero-order chi connectivity index (χ0) is 105. The van der Waals surface area contributed by atoms with Crippen LogP contribution in [0.25, 0.3) is 86.2 Å². The number of amidine groups is 1. The lowest BCUT2D eigenvalue weighted by Gasteiger charge is -2.26. The Balaban J connectivity index is 0.000000117. The number of anilines is 6. The number of hydrogen-bond acceptors (Lipinski definition) is 24. The Morgan fingerprint density at radius 2 is 0.633 bits per heavy atom. The number of pyridine rings is 8. The summed E-state index contributed by atoms with van der Waals surface area (Å²) in [6, 6.07) is 59.2. The molecule has 0 aliphatic carbocycles. The summed E-state index contributed by atoms with van der Waals surface area (Å²) in [7, 11) is 16.2. The average molecular weight is 2030 g/mol. The van der Waals surface area contributed by atoms with Crippen molar-refractivity contribution in [2.24, 2.45) is 66.4 Å². The molecule has 0 radical (unpaired) electrons. The van der Waals surface area contributed by atoms with Crippen molar-refractivity contribution in [3.8, 4) is 0 Å². The number of hydrogen-bond donors (Lipinski definition) is 6. The molecule has 16 heterocycles. The maximum absolute atomic E-state index is 12.0. The molecule has 0 atom stereocenters. The van der Waals surface area contributed by atoms with Crippen LogP contribution >= 0.6 is 0 Å². The molecule has 8 aliphatic rings. The largest absolute Gasteiger partial charge is 0.476 e. The Kier molecular flexibility index (Phi) is 36.0. The summed E-state index contributed by atoms with van der Waals surface area (Å²) < 4.78 is 29.0. The monoisotopic (exact) mass is 2030 g/mol. The molecule has 0 saturated carbocycles. The van der Waals surface area contributed by atoms with E-state index in [4.69, 9.17) is 14.2 Å². The van der Waals surface area contributed by atoms with Crippen LogP contribution in [0.4, 0.5) is 34.1 Å². The van der Waals surface area contributed by atoms with Gasteiger partial charge in [-0.15, -0.1) is 0 Å². The Bertz CT molecular complexity index is 7950. The maximum Gasteiger partial charge on any atom is 0.258 e. The van der Waals surface area contributed by atoms with Gasteiger partial charge in [-0.3, -0.25) is 53.1 Å². The van der Waals surface area contributed by atoms with Gasteiger partial charge in [0.05, 0.1) is 39.5 Å². The Hall–Kier alpha value is -15.1. The summed E-state index contributed by atoms with van der Waals surface area (Å²) in [6.07, 6.45) is 25.5. The number of nitrogens with one attached hydrogen (secondary N) is 6. The average Bonchev–Trinajstić information content (AvgIpc) is 1.61. The van der Waals surface area contributed by atoms with Crippen LogP contribution in [0.3, 0.4) is 0 Å². The molecule has 0 unspecified atom stereocenters. The van der Waals surface area contributed by atoms with Crippen molar-refractivity contribution in [3.63, 3.8) is 0 Å². The first-order valence-electron chi connectivity index (χ1n) is 52.6. The fourth-order valence-corrected chi connectivity index (χ4v) is 20.1. The molecule has 0 amide bonds. The second-order valence-corrected chi connectivity index (χ2v) is 39.6. The number of piperidine rings is 1. The zero-order valence-corrected chi connectivity index (χ0v) is 87.9. The van der Waals surface area contributed by atoms with Gasteiger partial charge in [0, 0.05) is 286 Å². The number of benzene rings is 8. The molecule has 4 fully saturated rings. The molecule has 32 heteroatoms. The summed E-state index contributed by atoms with van der Waals surface area (Å²) in [5.74, 6) is 1.69. The van der Waals surface area contributed by atoms with Gasteiger partial charge in [0.1, 0.15) is 12.4 Å². The van der Waals surface area contributed by atoms with Gasteiger partial charge in [-0.1, -0.05) is 12.5 Å². The Morgan fingerprint density at radius 3 is 1.06 bits per heavy atom. The number of aryl methyl sites for hydroxylation is 8. The summed E-state index contributed by atoms with van der Waals surface area (Å²) in [5.41, 5.74) is 11.7. The lowest BCUT2D eigenvalue weighted by Crippen LogP contribution is -2.39. The van der Waals surface area contributed by atoms with Crippen LogP contribution in [-0.2, 0) is 83.4 Å². The number of likely N-dealkylation sites (N-methyl/N-ethyl adjacent to an activating group) is 1. The highest BCUT2D eigenvalue weighted by Gasteiger charge is 2.22. The molecule has 0 bridgehead atoms. The van der Waals surface area contributed by atoms with Crippen molar-refractivity contribution in [2.45, 2.75) is 57.8 Å². The van der Waals surface area contributed by atoms with Gasteiger partial charge < -0.3 is 97.3 Å². The van der Waals surface area contributed by atoms with E-state index in [1.807, 2.05) is 208 Å². The number of rotatable bonds is 20. The van der Waals surface area contributed by atoms with Gasteiger partial charge in [-0.2, -0.15) is 0 Å². The number of likely N-dealkylation sites (tertiary alicyclic amines) is 2. The van der Waals surface area contributed by atoms with Gasteiger partial charge in [0.15, 0.2) is 0 Å². The Morgan fingerprint density at radius 1 is 0.287 bits per heavy atom. The molecule has 0 spiro atoms. The summed E-state index contributed by atoms with van der Waals surface area (Å²) in [4.78, 5) is 116. The normalized spacial score (nSPS) is 15.4. The maximum atomic E-state index is 12.0. The van der Waals surface area contributed by atoms with E-state index < -0.39 is 0 Å². The van der Waals surface area contributed by atoms with Gasteiger partial charge in [-0.05, 0) is 321 Å². The SMILES string of the molecule is CN1CCN=C1c1ccc2c(=O)n(C)ccc2c1.Cn1ccc2c3c(ccc2c1=O)NCC3.Cn1ccc2cc(C3=NCCO3)ccc2c1=O.Cn1ccc2cc(NCCCN3CCCCC3)ccc2c1=O.Cn1ccc2cc(NCCCN3CCOCC3)ccc2c1=O.Cn1ccc2cc(NCCN3CCCC3)ccc2c1=O.Cn1ccc2cc(NCCN3CCOCC3)ccc2c1=O.Cn1ccc2cc3c(cc2c1=O)CCN3. The standard InChI is InChI=1S/C18H25N3O.C17H23N3O2.C16H21N3O2.C16H21N3O.C14H15N3O.C13H12N2O2.2C12H12N2O/c1-20-13-8-15-14-16(6-7-17(15)18(20)22)19-9-5-12-21-10-3-2-4-11-21;1-19-8-5-14-13-15(3-4-16(14)17(19)21)18-6-2-7-20-9-11-22-12-10-20;1-18-6-4-13-12-14(2-3-15(13)16(18)20)17-5-7-19-8-10-21-11-9-19;1-18-10-6-13-12-14(4-5-15(13)16(18)20)17-7-11-19-8-2-3-9-19;1-16-8-6-15-13(16)11-3-4-12-10(9-11)5-7-17(2)14(12)18;1-15-6-4-9-8-10(12-14-5-7-17-12)2-3-11(9)13(15)16;1-14-5-3-8-7-11-9(2-4-13-11)6-10(8)12(14)15;1-14-7-5-8-9-4-6-13-11(9)3-2-10(8)12(14)15/h6-8,13-14,19H,2-5,9-12H2,1H3;3-5,8,13,18H,2,6-7,9-12H2,1H3;2-4,6,12,17H,5,7-11H2,1H3;4-6,10,12,17H,2-3,7-9,11H2,1H3;3-5,7,9H,6,8H2,1-2H3;2-4,6,8H,5,7H2,1H3;3,5-7,13H,2,4H2,1H3;2-3,5,7,13H,4,6H2,1H3. The van der Waals surface area contributed by atoms with Gasteiger partial charge in [-0.25, -0.2) is 4.99 Å². The van der Waals surface area contributed by atoms with Crippen molar-refractivity contribution in [1.82, 2.24) is 61.0 Å². The van der Waals surface area contributed by atoms with Crippen LogP contribution < -0.4 is 76.4 Å². The number of morpholine rings is 2. The van der Waals surface area contributed by atoms with Crippen LogP contribution in [0.2, 0.25) is 0 Å². The zero-order valence-electron chi connectivity index (χ0n) is 87.9. The highest BCUT2D eigenvalue weighted by molar-refractivity contribution is 6.03. The second kappa shape index (κ2) is 50.8. The number of fused-ring (bicyclic) bond motifs is 11. The summed E-state index contributed by atoms with van der Waals surface area (Å²) in [5, 5.41) is 34.6. The first-order chi connectivity index (χ1) is 72.9. The van der Waals surface area contributed by atoms with Crippen molar-refractivity contribution in [1.29, 1.82) is 0 Å². The van der Waals surface area contributed by atoms with Crippen molar-refractivity contribution in [3.05, 3.63) is 337 Å². The quantitative estimate of drug-likeness (QED) is 0.0386. The molecule has 784 valence electrons. The third kappa shape index (κ3) is 26.8. The molecule has 16 aromatic rings. The highest BCUT2D eigenvalue weighted by atomic mass is 16.5. The topological polar surface area (TPSA) is 317 Å². The number of aromatic nitrogens is 8. The fourth-order valence-electron chi connectivity index (χ4n) is 20.1. The lowest BCUT2D eigenvalue weighted by molar-refractivity contribution is 0.0378. The molecule has 8 aliphatic heterocycles. The van der Waals surface area contributed by atoms with E-state index in [1.165, 1.54) is 87.3 Å². The van der Waals surface area contributed by atoms with E-state index in [-0.39, 0.29) is 44.5 Å². The molecule has 8 aromatic carbocycles. The van der Waals surface area contributed by atoms with Gasteiger partial charge in [0.25, 0.3) is 44.5 Å². The van der Waals surface area contributed by atoms with E-state index in [2.05, 4.69) is 84.6 Å². The molecular weight excluding hydrogens is 1890 g/mol. The van der Waals surface area contributed by atoms with E-state index in [0.717, 1.165) is 276 Å². The van der Waals surface area contributed by atoms with Gasteiger partial charge >= 0.3 is 0 Å².